The van der Waals surface area contributed by atoms with Crippen molar-refractivity contribution in [2.75, 3.05) is 26.6 Å². The third-order valence-corrected chi connectivity index (χ3v) is 5.34. The number of anilines is 1. The Morgan fingerprint density at radius 1 is 1.07 bits per heavy atom. The van der Waals surface area contributed by atoms with E-state index < -0.39 is 11.8 Å². The fourth-order valence-electron chi connectivity index (χ4n) is 2.53. The normalized spacial score (nSPS) is 10.2. The predicted octanol–water partition coefficient (Wildman–Crippen LogP) is 2.62. The van der Waals surface area contributed by atoms with Crippen molar-refractivity contribution in [2.24, 2.45) is 5.73 Å². The van der Waals surface area contributed by atoms with Gasteiger partial charge in [0.05, 0.1) is 26.9 Å². The van der Waals surface area contributed by atoms with Crippen LogP contribution >= 0.6 is 23.6 Å². The summed E-state index contributed by atoms with van der Waals surface area (Å²) in [7, 11) is 4.39. The molecule has 8 nitrogen and oxygen atoms in total. The largest absolute Gasteiger partial charge is 0.493 e. The van der Waals surface area contributed by atoms with Crippen molar-refractivity contribution in [2.45, 2.75) is 13.8 Å². The molecule has 4 N–H and O–H groups in total. The molecule has 0 aliphatic rings. The highest BCUT2D eigenvalue weighted by Gasteiger charge is 2.20. The lowest BCUT2D eigenvalue weighted by molar-refractivity contribution is 0.0974. The van der Waals surface area contributed by atoms with E-state index in [1.807, 2.05) is 6.92 Å². The van der Waals surface area contributed by atoms with Crippen molar-refractivity contribution in [3.05, 3.63) is 33.7 Å². The predicted molar refractivity (Wildman–Crippen MR) is 112 cm³/mol. The smallest absolute Gasteiger partial charge is 0.257 e. The highest BCUT2D eigenvalue weighted by atomic mass is 32.1. The summed E-state index contributed by atoms with van der Waals surface area (Å²) >= 11 is 6.54. The Hall–Kier alpha value is -2.85. The third-order valence-electron chi connectivity index (χ3n) is 4.01. The highest BCUT2D eigenvalue weighted by molar-refractivity contribution is 7.80. The molecule has 0 aliphatic heterocycles. The number of nitrogens with two attached hydrogens (primary N) is 1. The number of hydrogen-bond acceptors (Lipinski definition) is 7. The van der Waals surface area contributed by atoms with Gasteiger partial charge < -0.3 is 25.3 Å². The molecule has 1 aromatic heterocycles. The monoisotopic (exact) mass is 423 g/mol. The van der Waals surface area contributed by atoms with Gasteiger partial charge in [-0.15, -0.1) is 11.3 Å². The van der Waals surface area contributed by atoms with E-state index in [-0.39, 0.29) is 10.7 Å². The molecule has 1 aromatic carbocycles. The van der Waals surface area contributed by atoms with Crippen LogP contribution in [0.3, 0.4) is 0 Å². The molecule has 0 spiro atoms. The second kappa shape index (κ2) is 8.89. The minimum absolute atomic E-state index is 0.0301. The van der Waals surface area contributed by atoms with Crippen LogP contribution in [0.5, 0.6) is 17.2 Å². The van der Waals surface area contributed by atoms with Crippen LogP contribution in [-0.4, -0.2) is 38.3 Å². The first-order chi connectivity index (χ1) is 13.2. The van der Waals surface area contributed by atoms with Crippen LogP contribution in [0.2, 0.25) is 0 Å². The molecule has 0 fully saturated rings. The molecule has 2 rings (SSSR count). The second-order valence-electron chi connectivity index (χ2n) is 5.67. The molecule has 10 heteroatoms. The van der Waals surface area contributed by atoms with E-state index in [1.165, 1.54) is 44.8 Å². The number of rotatable bonds is 6. The van der Waals surface area contributed by atoms with Gasteiger partial charge in [0.15, 0.2) is 16.6 Å². The number of benzene rings is 1. The number of carbonyl (C=O) groups is 2. The van der Waals surface area contributed by atoms with Gasteiger partial charge in [-0.05, 0) is 43.8 Å². The summed E-state index contributed by atoms with van der Waals surface area (Å²) in [5.41, 5.74) is 6.83. The summed E-state index contributed by atoms with van der Waals surface area (Å²) in [4.78, 5) is 25.2. The van der Waals surface area contributed by atoms with Gasteiger partial charge >= 0.3 is 0 Å². The molecular formula is C18H21N3O5S2. The Kier molecular flexibility index (Phi) is 6.81. The molecule has 2 aromatic rings. The minimum Gasteiger partial charge on any atom is -0.493 e. The van der Waals surface area contributed by atoms with E-state index >= 15 is 0 Å². The maximum absolute atomic E-state index is 12.6. The molecule has 0 unspecified atom stereocenters. The lowest BCUT2D eigenvalue weighted by Gasteiger charge is -2.14. The van der Waals surface area contributed by atoms with Gasteiger partial charge in [0, 0.05) is 10.4 Å². The number of primary amides is 1. The van der Waals surface area contributed by atoms with Gasteiger partial charge in [0.1, 0.15) is 5.00 Å². The van der Waals surface area contributed by atoms with Crippen LogP contribution in [0.4, 0.5) is 5.00 Å². The Morgan fingerprint density at radius 3 is 2.11 bits per heavy atom. The highest BCUT2D eigenvalue weighted by Crippen LogP contribution is 2.38. The zero-order chi connectivity index (χ0) is 21.0. The van der Waals surface area contributed by atoms with Gasteiger partial charge in [-0.1, -0.05) is 0 Å². The SMILES string of the molecule is COc1cc(C(=O)NC(=S)Nc2sc(C)c(C)c2C(N)=O)cc(OC)c1OC. The summed E-state index contributed by atoms with van der Waals surface area (Å²) in [6.45, 7) is 3.67. The molecule has 150 valence electrons. The van der Waals surface area contributed by atoms with E-state index in [9.17, 15) is 9.59 Å². The number of thiocarbonyl (C=S) groups is 1. The zero-order valence-electron chi connectivity index (χ0n) is 16.1. The van der Waals surface area contributed by atoms with Crippen molar-refractivity contribution in [3.63, 3.8) is 0 Å². The first-order valence-electron chi connectivity index (χ1n) is 8.05. The number of aryl methyl sites for hydroxylation is 1. The number of nitrogens with one attached hydrogen (secondary N) is 2. The Morgan fingerprint density at radius 2 is 1.64 bits per heavy atom. The summed E-state index contributed by atoms with van der Waals surface area (Å²) in [5.74, 6) is 0.00108. The minimum atomic E-state index is -0.567. The molecule has 1 heterocycles. The third kappa shape index (κ3) is 4.34. The molecule has 0 atom stereocenters. The standard InChI is InChI=1S/C18H21N3O5S2/c1-8-9(2)28-17(13(8)15(19)22)21-18(27)20-16(23)10-6-11(24-3)14(26-5)12(7-10)25-4/h6-7H,1-5H3,(H2,19,22)(H2,20,21,23,27). The average Bonchev–Trinajstić information content (AvgIpc) is 2.93. The van der Waals surface area contributed by atoms with Gasteiger partial charge in [-0.25, -0.2) is 0 Å². The average molecular weight is 424 g/mol. The number of ether oxygens (including phenoxy) is 3. The second-order valence-corrected chi connectivity index (χ2v) is 7.31. The van der Waals surface area contributed by atoms with Gasteiger partial charge in [-0.3, -0.25) is 14.9 Å². The molecule has 2 amide bonds. The molecule has 28 heavy (non-hydrogen) atoms. The number of amides is 2. The van der Waals surface area contributed by atoms with E-state index in [0.29, 0.717) is 27.8 Å². The number of methoxy groups -OCH3 is 3. The van der Waals surface area contributed by atoms with Crippen LogP contribution < -0.4 is 30.6 Å². The van der Waals surface area contributed by atoms with E-state index in [0.717, 1.165) is 10.4 Å². The fraction of sp³-hybridized carbons (Fsp3) is 0.278. The topological polar surface area (TPSA) is 112 Å². The summed E-state index contributed by atoms with van der Waals surface area (Å²) in [6, 6.07) is 3.02. The molecule has 0 aliphatic carbocycles. The van der Waals surface area contributed by atoms with Crippen LogP contribution in [0, 0.1) is 13.8 Å². The summed E-state index contributed by atoms with van der Waals surface area (Å²) < 4.78 is 15.7. The maximum atomic E-state index is 12.6. The number of hydrogen-bond donors (Lipinski definition) is 3. The summed E-state index contributed by atoms with van der Waals surface area (Å²) in [5, 5.41) is 5.94. The first kappa shape index (κ1) is 21.5. The fourth-order valence-corrected chi connectivity index (χ4v) is 3.86. The van der Waals surface area contributed by atoms with E-state index in [1.54, 1.807) is 6.92 Å². The van der Waals surface area contributed by atoms with Crippen molar-refractivity contribution in [1.29, 1.82) is 0 Å². The van der Waals surface area contributed by atoms with Crippen LogP contribution in [0.25, 0.3) is 0 Å². The van der Waals surface area contributed by atoms with Gasteiger partial charge in [-0.2, -0.15) is 0 Å². The van der Waals surface area contributed by atoms with Crippen molar-refractivity contribution in [3.8, 4) is 17.2 Å². The summed E-state index contributed by atoms with van der Waals surface area (Å²) in [6.07, 6.45) is 0. The van der Waals surface area contributed by atoms with E-state index in [2.05, 4.69) is 10.6 Å². The maximum Gasteiger partial charge on any atom is 0.257 e. The van der Waals surface area contributed by atoms with E-state index in [4.69, 9.17) is 32.2 Å². The van der Waals surface area contributed by atoms with Gasteiger partial charge in [0.25, 0.3) is 11.8 Å². The Bertz CT molecular complexity index is 915. The zero-order valence-corrected chi connectivity index (χ0v) is 17.7. The first-order valence-corrected chi connectivity index (χ1v) is 9.28. The van der Waals surface area contributed by atoms with Crippen molar-refractivity contribution >= 4 is 45.5 Å². The van der Waals surface area contributed by atoms with Crippen LogP contribution in [0.15, 0.2) is 12.1 Å². The van der Waals surface area contributed by atoms with Crippen LogP contribution in [-0.2, 0) is 0 Å². The Labute approximate surface area is 172 Å². The molecule has 0 saturated heterocycles. The lowest BCUT2D eigenvalue weighted by Crippen LogP contribution is -2.34. The quantitative estimate of drug-likeness (QED) is 0.612. The van der Waals surface area contributed by atoms with Crippen molar-refractivity contribution < 1.29 is 23.8 Å². The molecule has 0 bridgehead atoms. The van der Waals surface area contributed by atoms with Crippen molar-refractivity contribution in [1.82, 2.24) is 5.32 Å². The number of carbonyl (C=O) groups excluding carboxylic acids is 2. The molecular weight excluding hydrogens is 402 g/mol. The Balaban J connectivity index is 2.23. The molecule has 0 radical (unpaired) electrons. The van der Waals surface area contributed by atoms with Gasteiger partial charge in [0.2, 0.25) is 5.75 Å². The molecule has 0 saturated carbocycles. The number of thiophene rings is 1. The lowest BCUT2D eigenvalue weighted by atomic mass is 10.1. The van der Waals surface area contributed by atoms with Crippen LogP contribution in [0.1, 0.15) is 31.2 Å².